The molecule has 1 unspecified atom stereocenters. The van der Waals surface area contributed by atoms with Crippen LogP contribution in [0, 0.1) is 0 Å². The molecule has 1 atom stereocenters. The van der Waals surface area contributed by atoms with Crippen LogP contribution in [-0.2, 0) is 9.59 Å². The van der Waals surface area contributed by atoms with Crippen LogP contribution in [0.5, 0.6) is 0 Å². The van der Waals surface area contributed by atoms with Gasteiger partial charge in [0, 0.05) is 11.1 Å². The van der Waals surface area contributed by atoms with Crippen LogP contribution in [0.25, 0.3) is 0 Å². The molecule has 138 valence electrons. The van der Waals surface area contributed by atoms with Gasteiger partial charge < -0.3 is 10.6 Å². The van der Waals surface area contributed by atoms with Gasteiger partial charge in [-0.3, -0.25) is 14.4 Å². The summed E-state index contributed by atoms with van der Waals surface area (Å²) in [6.45, 7) is 0. The zero-order valence-corrected chi connectivity index (χ0v) is 15.4. The number of anilines is 1. The van der Waals surface area contributed by atoms with Gasteiger partial charge in [-0.15, -0.1) is 11.3 Å². The van der Waals surface area contributed by atoms with E-state index in [-0.39, 0.29) is 0 Å². The fraction of sp³-hybridized carbons (Fsp3) is 0.0476. The molecule has 4 rings (SSSR count). The molecule has 0 fully saturated rings. The maximum Gasteiger partial charge on any atom is 0.295 e. The smallest absolute Gasteiger partial charge is 0.295 e. The number of fused-ring (bicyclic) bond motifs is 1. The summed E-state index contributed by atoms with van der Waals surface area (Å²) in [6.07, 6.45) is -1.22. The Morgan fingerprint density at radius 3 is 2.46 bits per heavy atom. The number of Topliss-reactive ketones (excluding diaryl/α,β-unsaturated/α-hetero) is 1. The number of rotatable bonds is 4. The Balaban J connectivity index is 1.71. The highest BCUT2D eigenvalue weighted by molar-refractivity contribution is 7.13. The van der Waals surface area contributed by atoms with Gasteiger partial charge in [0.05, 0.1) is 16.3 Å². The lowest BCUT2D eigenvalue weighted by Crippen LogP contribution is -2.45. The maximum absolute atomic E-state index is 12.7. The molecule has 0 bridgehead atoms. The van der Waals surface area contributed by atoms with Gasteiger partial charge >= 0.3 is 0 Å². The molecular formula is C21H15N3O3S. The highest BCUT2D eigenvalue weighted by Gasteiger charge is 2.29. The number of amides is 2. The summed E-state index contributed by atoms with van der Waals surface area (Å²) in [7, 11) is 0. The molecule has 0 saturated heterocycles. The number of aliphatic imine (C=N–C) groups is 1. The Bertz CT molecular complexity index is 1080. The SMILES string of the molecule is O=C(NC1N=C(c2ccccc2)c2ccccc2NC1=O)C(=O)c1cccs1. The van der Waals surface area contributed by atoms with Crippen LogP contribution in [0.2, 0.25) is 0 Å². The topological polar surface area (TPSA) is 87.6 Å². The van der Waals surface area contributed by atoms with Crippen molar-refractivity contribution in [3.8, 4) is 0 Å². The van der Waals surface area contributed by atoms with Gasteiger partial charge in [-0.2, -0.15) is 0 Å². The van der Waals surface area contributed by atoms with Crippen LogP contribution in [0.1, 0.15) is 20.8 Å². The third kappa shape index (κ3) is 3.47. The molecule has 7 heteroatoms. The molecular weight excluding hydrogens is 374 g/mol. The Labute approximate surface area is 164 Å². The first kappa shape index (κ1) is 17.8. The first-order valence-electron chi connectivity index (χ1n) is 8.55. The van der Waals surface area contributed by atoms with Crippen molar-refractivity contribution in [2.75, 3.05) is 5.32 Å². The zero-order chi connectivity index (χ0) is 19.5. The number of benzodiazepines with no additional fused rings is 1. The molecule has 0 radical (unpaired) electrons. The van der Waals surface area contributed by atoms with Crippen molar-refractivity contribution < 1.29 is 14.4 Å². The van der Waals surface area contributed by atoms with E-state index < -0.39 is 23.8 Å². The van der Waals surface area contributed by atoms with Crippen molar-refractivity contribution in [3.63, 3.8) is 0 Å². The molecule has 2 amide bonds. The number of nitrogens with one attached hydrogen (secondary N) is 2. The zero-order valence-electron chi connectivity index (χ0n) is 14.6. The molecule has 3 aromatic rings. The second-order valence-corrected chi connectivity index (χ2v) is 7.01. The average Bonchev–Trinajstić information content (AvgIpc) is 3.22. The molecule has 1 aliphatic heterocycles. The molecule has 6 nitrogen and oxygen atoms in total. The van der Waals surface area contributed by atoms with Crippen molar-refractivity contribution in [1.82, 2.24) is 5.32 Å². The number of thiophene rings is 1. The molecule has 0 aliphatic carbocycles. The minimum atomic E-state index is -1.22. The van der Waals surface area contributed by atoms with Crippen molar-refractivity contribution in [2.24, 2.45) is 4.99 Å². The number of benzene rings is 2. The Morgan fingerprint density at radius 2 is 1.71 bits per heavy atom. The molecule has 2 N–H and O–H groups in total. The van der Waals surface area contributed by atoms with E-state index in [1.54, 1.807) is 29.6 Å². The highest BCUT2D eigenvalue weighted by Crippen LogP contribution is 2.23. The number of carbonyl (C=O) groups is 3. The fourth-order valence-electron chi connectivity index (χ4n) is 2.89. The van der Waals surface area contributed by atoms with E-state index in [0.29, 0.717) is 16.3 Å². The number of para-hydroxylation sites is 1. The van der Waals surface area contributed by atoms with Gasteiger partial charge in [-0.25, -0.2) is 4.99 Å². The van der Waals surface area contributed by atoms with E-state index in [4.69, 9.17) is 0 Å². The lowest BCUT2D eigenvalue weighted by Gasteiger charge is -2.12. The summed E-state index contributed by atoms with van der Waals surface area (Å²) in [5.74, 6) is -2.07. The second-order valence-electron chi connectivity index (χ2n) is 6.06. The van der Waals surface area contributed by atoms with Crippen LogP contribution in [-0.4, -0.2) is 29.5 Å². The Kier molecular flexibility index (Phi) is 4.82. The third-order valence-electron chi connectivity index (χ3n) is 4.21. The highest BCUT2D eigenvalue weighted by atomic mass is 32.1. The summed E-state index contributed by atoms with van der Waals surface area (Å²) in [6, 6.07) is 19.9. The number of hydrogen-bond acceptors (Lipinski definition) is 5. The number of hydrogen-bond donors (Lipinski definition) is 2. The van der Waals surface area contributed by atoms with Crippen LogP contribution in [0.4, 0.5) is 5.69 Å². The van der Waals surface area contributed by atoms with Crippen molar-refractivity contribution in [2.45, 2.75) is 6.17 Å². The van der Waals surface area contributed by atoms with Gasteiger partial charge in [-0.05, 0) is 17.5 Å². The van der Waals surface area contributed by atoms with Gasteiger partial charge in [0.25, 0.3) is 17.6 Å². The number of ketones is 1. The molecule has 1 aliphatic rings. The fourth-order valence-corrected chi connectivity index (χ4v) is 3.55. The van der Waals surface area contributed by atoms with Crippen LogP contribution < -0.4 is 10.6 Å². The van der Waals surface area contributed by atoms with E-state index in [2.05, 4.69) is 15.6 Å². The van der Waals surface area contributed by atoms with Gasteiger partial charge in [0.1, 0.15) is 0 Å². The summed E-state index contributed by atoms with van der Waals surface area (Å²) in [4.78, 5) is 42.1. The summed E-state index contributed by atoms with van der Waals surface area (Å²) in [5.41, 5.74) is 2.69. The summed E-state index contributed by atoms with van der Waals surface area (Å²) < 4.78 is 0. The van der Waals surface area contributed by atoms with Crippen LogP contribution in [0.3, 0.4) is 0 Å². The summed E-state index contributed by atoms with van der Waals surface area (Å²) in [5, 5.41) is 6.93. The molecule has 0 saturated carbocycles. The predicted molar refractivity (Wildman–Crippen MR) is 108 cm³/mol. The summed E-state index contributed by atoms with van der Waals surface area (Å²) >= 11 is 1.17. The second kappa shape index (κ2) is 7.58. The molecule has 28 heavy (non-hydrogen) atoms. The monoisotopic (exact) mass is 389 g/mol. The van der Waals surface area contributed by atoms with Gasteiger partial charge in [0.2, 0.25) is 6.17 Å². The standard InChI is InChI=1S/C21H15N3O3S/c25-18(16-11-6-12-28-16)20(26)24-19-21(27)22-15-10-5-4-9-14(15)17(23-19)13-7-2-1-3-8-13/h1-12,19H,(H,22,27)(H,24,26). The van der Waals surface area contributed by atoms with E-state index in [9.17, 15) is 14.4 Å². The number of carbonyl (C=O) groups excluding carboxylic acids is 3. The minimum absolute atomic E-state index is 0.307. The lowest BCUT2D eigenvalue weighted by atomic mass is 10.0. The first-order chi connectivity index (χ1) is 13.6. The van der Waals surface area contributed by atoms with Crippen molar-refractivity contribution >= 4 is 40.3 Å². The molecule has 2 aromatic carbocycles. The van der Waals surface area contributed by atoms with Crippen molar-refractivity contribution in [3.05, 3.63) is 88.1 Å². The lowest BCUT2D eigenvalue weighted by molar-refractivity contribution is -0.123. The number of nitrogens with zero attached hydrogens (tertiary/aromatic N) is 1. The van der Waals surface area contributed by atoms with Crippen LogP contribution >= 0.6 is 11.3 Å². The quantitative estimate of drug-likeness (QED) is 0.531. The van der Waals surface area contributed by atoms with Crippen molar-refractivity contribution in [1.29, 1.82) is 0 Å². The average molecular weight is 389 g/mol. The third-order valence-corrected chi connectivity index (χ3v) is 5.08. The van der Waals surface area contributed by atoms with E-state index in [1.165, 1.54) is 11.3 Å². The normalized spacial score (nSPS) is 15.6. The predicted octanol–water partition coefficient (Wildman–Crippen LogP) is 2.86. The van der Waals surface area contributed by atoms with E-state index >= 15 is 0 Å². The first-order valence-corrected chi connectivity index (χ1v) is 9.43. The minimum Gasteiger partial charge on any atom is -0.322 e. The maximum atomic E-state index is 12.7. The van der Waals surface area contributed by atoms with E-state index in [1.807, 2.05) is 42.5 Å². The van der Waals surface area contributed by atoms with Crippen LogP contribution in [0.15, 0.2) is 77.1 Å². The van der Waals surface area contributed by atoms with Gasteiger partial charge in [-0.1, -0.05) is 54.6 Å². The molecule has 1 aromatic heterocycles. The Hall–Kier alpha value is -3.58. The van der Waals surface area contributed by atoms with E-state index in [0.717, 1.165) is 11.1 Å². The van der Waals surface area contributed by atoms with Gasteiger partial charge in [0.15, 0.2) is 0 Å². The Morgan fingerprint density at radius 1 is 0.964 bits per heavy atom. The molecule has 2 heterocycles. The molecule has 0 spiro atoms. The largest absolute Gasteiger partial charge is 0.322 e.